The first-order valence-electron chi connectivity index (χ1n) is 8.70. The minimum absolute atomic E-state index is 0.330. The molecule has 0 aliphatic rings. The summed E-state index contributed by atoms with van der Waals surface area (Å²) in [6.45, 7) is 0.425. The van der Waals surface area contributed by atoms with Crippen LogP contribution in [0.4, 0.5) is 0 Å². The summed E-state index contributed by atoms with van der Waals surface area (Å²) >= 11 is 9.33. The zero-order valence-corrected chi connectivity index (χ0v) is 17.9. The molecule has 3 rings (SSSR count). The summed E-state index contributed by atoms with van der Waals surface area (Å²) < 4.78 is 12.1. The summed E-state index contributed by atoms with van der Waals surface area (Å²) in [4.78, 5) is 12.1. The highest BCUT2D eigenvalue weighted by atomic mass is 79.9. The second-order valence-electron chi connectivity index (χ2n) is 6.00. The van der Waals surface area contributed by atoms with E-state index < -0.39 is 0 Å². The van der Waals surface area contributed by atoms with Crippen LogP contribution < -0.4 is 14.9 Å². The van der Waals surface area contributed by atoms with Crippen molar-refractivity contribution in [1.82, 2.24) is 5.43 Å². The third-order valence-electron chi connectivity index (χ3n) is 4.00. The third-order valence-corrected chi connectivity index (χ3v) is 4.93. The van der Waals surface area contributed by atoms with Crippen LogP contribution in [0.1, 0.15) is 21.5 Å². The van der Waals surface area contributed by atoms with E-state index in [2.05, 4.69) is 26.5 Å². The topological polar surface area (TPSA) is 59.9 Å². The Balaban J connectivity index is 1.68. The fourth-order valence-electron chi connectivity index (χ4n) is 2.48. The van der Waals surface area contributed by atoms with Crippen molar-refractivity contribution in [2.24, 2.45) is 5.10 Å². The van der Waals surface area contributed by atoms with Crippen molar-refractivity contribution in [3.8, 4) is 11.5 Å². The second-order valence-corrected chi connectivity index (χ2v) is 7.30. The molecule has 0 spiro atoms. The Kier molecular flexibility index (Phi) is 7.27. The summed E-state index contributed by atoms with van der Waals surface area (Å²) in [7, 11) is 1.57. The van der Waals surface area contributed by atoms with E-state index >= 15 is 0 Å². The molecule has 3 aromatic carbocycles. The van der Waals surface area contributed by atoms with Gasteiger partial charge < -0.3 is 9.47 Å². The summed E-state index contributed by atoms with van der Waals surface area (Å²) in [6.07, 6.45) is 1.53. The molecule has 0 saturated carbocycles. The molecule has 1 N–H and O–H groups in total. The highest BCUT2D eigenvalue weighted by Gasteiger charge is 2.10. The van der Waals surface area contributed by atoms with Crippen LogP contribution in [-0.4, -0.2) is 19.2 Å². The first-order valence-corrected chi connectivity index (χ1v) is 9.87. The maximum absolute atomic E-state index is 12.1. The molecule has 7 heteroatoms. The monoisotopic (exact) mass is 472 g/mol. The highest BCUT2D eigenvalue weighted by molar-refractivity contribution is 9.10. The molecule has 0 aromatic heterocycles. The van der Waals surface area contributed by atoms with Gasteiger partial charge in [0.1, 0.15) is 6.61 Å². The number of nitrogens with one attached hydrogen (secondary N) is 1. The molecule has 0 bridgehead atoms. The lowest BCUT2D eigenvalue weighted by Crippen LogP contribution is -2.17. The Morgan fingerprint density at radius 2 is 1.83 bits per heavy atom. The van der Waals surface area contributed by atoms with E-state index in [0.29, 0.717) is 28.7 Å². The van der Waals surface area contributed by atoms with Crippen LogP contribution in [-0.2, 0) is 6.61 Å². The number of methoxy groups -OCH3 is 1. The molecule has 0 fully saturated rings. The predicted molar refractivity (Wildman–Crippen MR) is 118 cm³/mol. The SMILES string of the molecule is COc1cc(/C=N\NC(=O)c2ccc(Cl)cc2)c(Br)cc1OCc1ccccc1. The quantitative estimate of drug-likeness (QED) is 0.366. The molecule has 0 unspecified atom stereocenters. The lowest BCUT2D eigenvalue weighted by atomic mass is 10.2. The molecule has 148 valence electrons. The van der Waals surface area contributed by atoms with Crippen LogP contribution >= 0.6 is 27.5 Å². The lowest BCUT2D eigenvalue weighted by molar-refractivity contribution is 0.0955. The van der Waals surface area contributed by atoms with Crippen molar-refractivity contribution in [1.29, 1.82) is 0 Å². The minimum atomic E-state index is -0.330. The van der Waals surface area contributed by atoms with Gasteiger partial charge in [0, 0.05) is 20.6 Å². The van der Waals surface area contributed by atoms with E-state index in [4.69, 9.17) is 21.1 Å². The molecular weight excluding hydrogens is 456 g/mol. The molecule has 0 aliphatic carbocycles. The van der Waals surface area contributed by atoms with Crippen LogP contribution in [0.3, 0.4) is 0 Å². The van der Waals surface area contributed by atoms with Gasteiger partial charge in [0.15, 0.2) is 11.5 Å². The maximum Gasteiger partial charge on any atom is 0.271 e. The van der Waals surface area contributed by atoms with E-state index in [0.717, 1.165) is 15.6 Å². The zero-order valence-electron chi connectivity index (χ0n) is 15.6. The molecule has 29 heavy (non-hydrogen) atoms. The van der Waals surface area contributed by atoms with Crippen molar-refractivity contribution >= 4 is 39.7 Å². The number of halogens is 2. The van der Waals surface area contributed by atoms with Gasteiger partial charge in [-0.1, -0.05) is 41.9 Å². The summed E-state index contributed by atoms with van der Waals surface area (Å²) in [6, 6.07) is 20.0. The van der Waals surface area contributed by atoms with Gasteiger partial charge in [0.05, 0.1) is 13.3 Å². The Morgan fingerprint density at radius 3 is 2.52 bits per heavy atom. The van der Waals surface area contributed by atoms with E-state index in [1.54, 1.807) is 37.4 Å². The molecule has 0 saturated heterocycles. The average Bonchev–Trinajstić information content (AvgIpc) is 2.74. The second kappa shape index (κ2) is 10.1. The first kappa shape index (κ1) is 20.9. The summed E-state index contributed by atoms with van der Waals surface area (Å²) in [5, 5.41) is 4.58. The van der Waals surface area contributed by atoms with E-state index in [9.17, 15) is 4.79 Å². The number of ether oxygens (including phenoxy) is 2. The van der Waals surface area contributed by atoms with Crippen LogP contribution in [0.2, 0.25) is 5.02 Å². The predicted octanol–water partition coefficient (Wildman–Crippen LogP) is 5.45. The maximum atomic E-state index is 12.1. The number of nitrogens with zero attached hydrogens (tertiary/aromatic N) is 1. The lowest BCUT2D eigenvalue weighted by Gasteiger charge is -2.12. The van der Waals surface area contributed by atoms with Crippen LogP contribution in [0.15, 0.2) is 76.3 Å². The van der Waals surface area contributed by atoms with Crippen molar-refractivity contribution in [3.05, 3.63) is 92.9 Å². The Labute approximate surface area is 182 Å². The minimum Gasteiger partial charge on any atom is -0.493 e. The van der Waals surface area contributed by atoms with Gasteiger partial charge in [-0.15, -0.1) is 0 Å². The van der Waals surface area contributed by atoms with Gasteiger partial charge in [-0.3, -0.25) is 4.79 Å². The van der Waals surface area contributed by atoms with Gasteiger partial charge >= 0.3 is 0 Å². The number of benzene rings is 3. The first-order chi connectivity index (χ1) is 14.1. The van der Waals surface area contributed by atoms with Gasteiger partial charge in [-0.05, 0) is 57.9 Å². The molecule has 0 radical (unpaired) electrons. The van der Waals surface area contributed by atoms with Gasteiger partial charge in [-0.2, -0.15) is 5.10 Å². The van der Waals surface area contributed by atoms with Crippen LogP contribution in [0.25, 0.3) is 0 Å². The average molecular weight is 474 g/mol. The van der Waals surface area contributed by atoms with E-state index in [1.807, 2.05) is 36.4 Å². The zero-order chi connectivity index (χ0) is 20.6. The number of hydrogen-bond acceptors (Lipinski definition) is 4. The molecule has 3 aromatic rings. The normalized spacial score (nSPS) is 10.7. The molecule has 0 atom stereocenters. The van der Waals surface area contributed by atoms with Crippen molar-refractivity contribution in [3.63, 3.8) is 0 Å². The van der Waals surface area contributed by atoms with Gasteiger partial charge in [0.25, 0.3) is 5.91 Å². The van der Waals surface area contributed by atoms with Crippen LogP contribution in [0, 0.1) is 0 Å². The highest BCUT2D eigenvalue weighted by Crippen LogP contribution is 2.33. The standard InChI is InChI=1S/C22H18BrClN2O3/c1-28-20-11-17(13-25-26-22(27)16-7-9-18(24)10-8-16)19(23)12-21(20)29-14-15-5-3-2-4-6-15/h2-13H,14H2,1H3,(H,26,27)/b25-13-. The Morgan fingerprint density at radius 1 is 1.10 bits per heavy atom. The molecular formula is C22H18BrClN2O3. The molecule has 0 heterocycles. The van der Waals surface area contributed by atoms with E-state index in [1.165, 1.54) is 6.21 Å². The number of rotatable bonds is 7. The molecule has 1 amide bonds. The number of carbonyl (C=O) groups excluding carboxylic acids is 1. The fraction of sp³-hybridized carbons (Fsp3) is 0.0909. The van der Waals surface area contributed by atoms with Crippen molar-refractivity contribution in [2.75, 3.05) is 7.11 Å². The number of hydrazone groups is 1. The van der Waals surface area contributed by atoms with Crippen molar-refractivity contribution in [2.45, 2.75) is 6.61 Å². The summed E-state index contributed by atoms with van der Waals surface area (Å²) in [5.74, 6) is 0.837. The molecule has 0 aliphatic heterocycles. The van der Waals surface area contributed by atoms with Gasteiger partial charge in [-0.25, -0.2) is 5.43 Å². The fourth-order valence-corrected chi connectivity index (χ4v) is 3.03. The van der Waals surface area contributed by atoms with Crippen LogP contribution in [0.5, 0.6) is 11.5 Å². The number of carbonyl (C=O) groups is 1. The Bertz CT molecular complexity index is 1010. The molecule has 5 nitrogen and oxygen atoms in total. The Hall–Kier alpha value is -2.83. The third kappa shape index (κ3) is 5.82. The van der Waals surface area contributed by atoms with Crippen molar-refractivity contribution < 1.29 is 14.3 Å². The number of hydrogen-bond donors (Lipinski definition) is 1. The van der Waals surface area contributed by atoms with E-state index in [-0.39, 0.29) is 5.91 Å². The summed E-state index contributed by atoms with van der Waals surface area (Å²) in [5.41, 5.74) is 4.74. The number of amides is 1. The largest absolute Gasteiger partial charge is 0.493 e. The smallest absolute Gasteiger partial charge is 0.271 e. The van der Waals surface area contributed by atoms with Gasteiger partial charge in [0.2, 0.25) is 0 Å².